The van der Waals surface area contributed by atoms with Crippen LogP contribution in [0.25, 0.3) is 0 Å². The summed E-state index contributed by atoms with van der Waals surface area (Å²) in [5.41, 5.74) is 1.62. The van der Waals surface area contributed by atoms with Gasteiger partial charge in [-0.25, -0.2) is 4.79 Å². The van der Waals surface area contributed by atoms with Gasteiger partial charge in [0.05, 0.1) is 12.7 Å². The SMILES string of the molecule is COC(=O)c1c(C)[nH]c(C(=O)N2CCN(C(=O)C(C)(C)C)CC2)c1C. The number of esters is 1. The van der Waals surface area contributed by atoms with E-state index in [0.717, 1.165) is 0 Å². The molecule has 1 N–H and O–H groups in total. The molecule has 0 aliphatic carbocycles. The van der Waals surface area contributed by atoms with Crippen LogP contribution in [0, 0.1) is 19.3 Å². The van der Waals surface area contributed by atoms with E-state index in [0.29, 0.717) is 48.7 Å². The predicted molar refractivity (Wildman–Crippen MR) is 93.5 cm³/mol. The average Bonchev–Trinajstić information content (AvgIpc) is 2.86. The fourth-order valence-electron chi connectivity index (χ4n) is 3.12. The molecule has 0 bridgehead atoms. The van der Waals surface area contributed by atoms with Crippen LogP contribution in [0.4, 0.5) is 0 Å². The van der Waals surface area contributed by atoms with E-state index in [-0.39, 0.29) is 11.8 Å². The van der Waals surface area contributed by atoms with E-state index in [9.17, 15) is 14.4 Å². The summed E-state index contributed by atoms with van der Waals surface area (Å²) in [6.45, 7) is 11.2. The van der Waals surface area contributed by atoms with Gasteiger partial charge in [0.15, 0.2) is 0 Å². The molecule has 0 unspecified atom stereocenters. The van der Waals surface area contributed by atoms with Crippen molar-refractivity contribution in [2.24, 2.45) is 5.41 Å². The Bertz CT molecular complexity index is 692. The minimum atomic E-state index is -0.453. The summed E-state index contributed by atoms with van der Waals surface area (Å²) < 4.78 is 4.78. The predicted octanol–water partition coefficient (Wildman–Crippen LogP) is 1.75. The lowest BCUT2D eigenvalue weighted by Crippen LogP contribution is -2.53. The quantitative estimate of drug-likeness (QED) is 0.825. The molecule has 0 atom stereocenters. The number of aromatic nitrogens is 1. The molecule has 1 aromatic heterocycles. The van der Waals surface area contributed by atoms with Gasteiger partial charge in [-0.1, -0.05) is 20.8 Å². The number of carbonyl (C=O) groups excluding carboxylic acids is 3. The lowest BCUT2D eigenvalue weighted by molar-refractivity contribution is -0.140. The number of piperazine rings is 1. The Labute approximate surface area is 148 Å². The number of nitrogens with zero attached hydrogens (tertiary/aromatic N) is 2. The number of methoxy groups -OCH3 is 1. The Hall–Kier alpha value is -2.31. The number of aromatic amines is 1. The lowest BCUT2D eigenvalue weighted by Gasteiger charge is -2.37. The van der Waals surface area contributed by atoms with Gasteiger partial charge in [-0.2, -0.15) is 0 Å². The molecule has 2 heterocycles. The first-order valence-electron chi connectivity index (χ1n) is 8.44. The van der Waals surface area contributed by atoms with Crippen molar-refractivity contribution in [3.05, 3.63) is 22.5 Å². The first-order chi connectivity index (χ1) is 11.6. The zero-order valence-corrected chi connectivity index (χ0v) is 15.9. The highest BCUT2D eigenvalue weighted by Crippen LogP contribution is 2.22. The van der Waals surface area contributed by atoms with Crippen molar-refractivity contribution >= 4 is 17.8 Å². The molecule has 1 fully saturated rings. The third-order valence-electron chi connectivity index (χ3n) is 4.54. The number of H-pyrrole nitrogens is 1. The molecule has 0 saturated carbocycles. The molecule has 1 aliphatic rings. The van der Waals surface area contributed by atoms with Crippen molar-refractivity contribution in [1.29, 1.82) is 0 Å². The van der Waals surface area contributed by atoms with E-state index < -0.39 is 11.4 Å². The van der Waals surface area contributed by atoms with Crippen LogP contribution in [0.3, 0.4) is 0 Å². The van der Waals surface area contributed by atoms with Crippen LogP contribution >= 0.6 is 0 Å². The molecular formula is C18H27N3O4. The van der Waals surface area contributed by atoms with E-state index in [1.807, 2.05) is 20.8 Å². The van der Waals surface area contributed by atoms with E-state index >= 15 is 0 Å². The molecule has 7 nitrogen and oxygen atoms in total. The van der Waals surface area contributed by atoms with Gasteiger partial charge in [0.2, 0.25) is 5.91 Å². The topological polar surface area (TPSA) is 82.7 Å². The van der Waals surface area contributed by atoms with Gasteiger partial charge in [0.25, 0.3) is 5.91 Å². The molecule has 1 saturated heterocycles. The third kappa shape index (κ3) is 3.70. The molecule has 1 aromatic rings. The van der Waals surface area contributed by atoms with Crippen LogP contribution in [0.2, 0.25) is 0 Å². The number of carbonyl (C=O) groups is 3. The molecule has 25 heavy (non-hydrogen) atoms. The molecule has 2 amide bonds. The first kappa shape index (κ1) is 19.0. The van der Waals surface area contributed by atoms with Crippen LogP contribution in [0.5, 0.6) is 0 Å². The molecule has 0 radical (unpaired) electrons. The van der Waals surface area contributed by atoms with Gasteiger partial charge in [0, 0.05) is 37.3 Å². The average molecular weight is 349 g/mol. The monoisotopic (exact) mass is 349 g/mol. The van der Waals surface area contributed by atoms with Crippen LogP contribution in [-0.4, -0.2) is 65.9 Å². The fourth-order valence-corrected chi connectivity index (χ4v) is 3.12. The summed E-state index contributed by atoms with van der Waals surface area (Å²) in [6, 6.07) is 0. The van der Waals surface area contributed by atoms with E-state index in [1.165, 1.54) is 7.11 Å². The number of amides is 2. The highest BCUT2D eigenvalue weighted by molar-refractivity contribution is 6.00. The zero-order valence-electron chi connectivity index (χ0n) is 15.9. The summed E-state index contributed by atoms with van der Waals surface area (Å²) in [5.74, 6) is -0.510. The maximum atomic E-state index is 12.8. The maximum Gasteiger partial charge on any atom is 0.339 e. The van der Waals surface area contributed by atoms with Crippen molar-refractivity contribution in [2.45, 2.75) is 34.6 Å². The van der Waals surface area contributed by atoms with E-state index in [2.05, 4.69) is 4.98 Å². The minimum Gasteiger partial charge on any atom is -0.465 e. The van der Waals surface area contributed by atoms with Crippen molar-refractivity contribution < 1.29 is 19.1 Å². The molecular weight excluding hydrogens is 322 g/mol. The molecule has 7 heteroatoms. The number of hydrogen-bond donors (Lipinski definition) is 1. The highest BCUT2D eigenvalue weighted by Gasteiger charge is 2.32. The van der Waals surface area contributed by atoms with E-state index in [4.69, 9.17) is 4.74 Å². The second kappa shape index (κ2) is 6.90. The van der Waals surface area contributed by atoms with Crippen LogP contribution < -0.4 is 0 Å². The summed E-state index contributed by atoms with van der Waals surface area (Å²) in [7, 11) is 1.32. The Morgan fingerprint density at radius 3 is 2.00 bits per heavy atom. The van der Waals surface area contributed by atoms with Crippen molar-refractivity contribution in [3.8, 4) is 0 Å². The van der Waals surface area contributed by atoms with Gasteiger partial charge in [0.1, 0.15) is 5.69 Å². The number of ether oxygens (including phenoxy) is 1. The van der Waals surface area contributed by atoms with Crippen molar-refractivity contribution in [1.82, 2.24) is 14.8 Å². The Morgan fingerprint density at radius 1 is 1.00 bits per heavy atom. The zero-order chi connectivity index (χ0) is 18.9. The second-order valence-corrected chi connectivity index (χ2v) is 7.45. The molecule has 0 spiro atoms. The molecule has 2 rings (SSSR count). The summed E-state index contributed by atoms with van der Waals surface area (Å²) in [6.07, 6.45) is 0. The van der Waals surface area contributed by atoms with Crippen LogP contribution in [0.15, 0.2) is 0 Å². The number of aryl methyl sites for hydroxylation is 1. The maximum absolute atomic E-state index is 12.8. The third-order valence-corrected chi connectivity index (χ3v) is 4.54. The normalized spacial score (nSPS) is 15.3. The summed E-state index contributed by atoms with van der Waals surface area (Å²) in [5, 5.41) is 0. The Balaban J connectivity index is 2.11. The largest absolute Gasteiger partial charge is 0.465 e. The van der Waals surface area contributed by atoms with E-state index in [1.54, 1.807) is 23.6 Å². The first-order valence-corrected chi connectivity index (χ1v) is 8.44. The van der Waals surface area contributed by atoms with Crippen molar-refractivity contribution in [2.75, 3.05) is 33.3 Å². The molecule has 1 aliphatic heterocycles. The van der Waals surface area contributed by atoms with Crippen molar-refractivity contribution in [3.63, 3.8) is 0 Å². The van der Waals surface area contributed by atoms with Crippen LogP contribution in [-0.2, 0) is 9.53 Å². The lowest BCUT2D eigenvalue weighted by atomic mass is 9.94. The number of hydrogen-bond acceptors (Lipinski definition) is 4. The standard InChI is InChI=1S/C18H27N3O4/c1-11-13(16(23)25-6)12(2)19-14(11)15(22)20-7-9-21(10-8-20)17(24)18(3,4)5/h19H,7-10H2,1-6H3. The minimum absolute atomic E-state index is 0.0967. The Morgan fingerprint density at radius 2 is 1.52 bits per heavy atom. The second-order valence-electron chi connectivity index (χ2n) is 7.45. The van der Waals surface area contributed by atoms with Crippen LogP contribution in [0.1, 0.15) is 52.9 Å². The van der Waals surface area contributed by atoms with Gasteiger partial charge >= 0.3 is 5.97 Å². The number of rotatable bonds is 2. The highest BCUT2D eigenvalue weighted by atomic mass is 16.5. The van der Waals surface area contributed by atoms with Gasteiger partial charge in [-0.05, 0) is 19.4 Å². The fraction of sp³-hybridized carbons (Fsp3) is 0.611. The van der Waals surface area contributed by atoms with Gasteiger partial charge in [-0.15, -0.1) is 0 Å². The summed E-state index contributed by atoms with van der Waals surface area (Å²) in [4.78, 5) is 43.5. The van der Waals surface area contributed by atoms with Gasteiger partial charge < -0.3 is 19.5 Å². The molecule has 138 valence electrons. The summed E-state index contributed by atoms with van der Waals surface area (Å²) >= 11 is 0. The smallest absolute Gasteiger partial charge is 0.339 e. The Kier molecular flexibility index (Phi) is 5.25. The number of nitrogens with one attached hydrogen (secondary N) is 1. The van der Waals surface area contributed by atoms with Gasteiger partial charge in [-0.3, -0.25) is 9.59 Å². The molecule has 0 aromatic carbocycles.